The molecule has 0 saturated heterocycles. The number of carbonyl (C=O) groups is 1. The van der Waals surface area contributed by atoms with E-state index in [1.807, 2.05) is 0 Å². The van der Waals surface area contributed by atoms with Crippen LogP contribution in [-0.2, 0) is 9.53 Å². The highest BCUT2D eigenvalue weighted by atomic mass is 16.5. The molecule has 1 aliphatic rings. The lowest BCUT2D eigenvalue weighted by Crippen LogP contribution is -2.27. The first-order chi connectivity index (χ1) is 6.29. The van der Waals surface area contributed by atoms with Gasteiger partial charge in [0, 0.05) is 0 Å². The van der Waals surface area contributed by atoms with Gasteiger partial charge in [0.15, 0.2) is 0 Å². The van der Waals surface area contributed by atoms with Gasteiger partial charge in [-0.1, -0.05) is 12.8 Å². The number of nitrogens with zero attached hydrogens (tertiary/aromatic N) is 1. The van der Waals surface area contributed by atoms with Crippen molar-refractivity contribution in [3.63, 3.8) is 0 Å². The lowest BCUT2D eigenvalue weighted by molar-refractivity contribution is -0.150. The SMILES string of the molecule is CCOC(=O)C1CCCCC1C#N. The molecule has 1 rings (SSSR count). The molecule has 2 atom stereocenters. The van der Waals surface area contributed by atoms with Crippen LogP contribution >= 0.6 is 0 Å². The summed E-state index contributed by atoms with van der Waals surface area (Å²) in [7, 11) is 0. The van der Waals surface area contributed by atoms with Gasteiger partial charge in [0.25, 0.3) is 0 Å². The largest absolute Gasteiger partial charge is 0.466 e. The third-order valence-electron chi connectivity index (χ3n) is 2.52. The van der Waals surface area contributed by atoms with Gasteiger partial charge in [-0.2, -0.15) is 5.26 Å². The molecule has 13 heavy (non-hydrogen) atoms. The maximum absolute atomic E-state index is 11.4. The molecule has 1 saturated carbocycles. The lowest BCUT2D eigenvalue weighted by Gasteiger charge is -2.24. The Bertz CT molecular complexity index is 219. The van der Waals surface area contributed by atoms with Crippen LogP contribution in [0.15, 0.2) is 0 Å². The lowest BCUT2D eigenvalue weighted by atomic mass is 9.80. The summed E-state index contributed by atoms with van der Waals surface area (Å²) in [4.78, 5) is 11.4. The van der Waals surface area contributed by atoms with Crippen molar-refractivity contribution in [2.45, 2.75) is 32.6 Å². The van der Waals surface area contributed by atoms with E-state index in [-0.39, 0.29) is 17.8 Å². The zero-order valence-corrected chi connectivity index (χ0v) is 7.95. The molecule has 0 amide bonds. The number of rotatable bonds is 2. The molecule has 0 aliphatic heterocycles. The summed E-state index contributed by atoms with van der Waals surface area (Å²) in [6, 6.07) is 2.19. The van der Waals surface area contributed by atoms with E-state index in [1.165, 1.54) is 0 Å². The minimum absolute atomic E-state index is 0.118. The average molecular weight is 181 g/mol. The molecule has 2 unspecified atom stereocenters. The van der Waals surface area contributed by atoms with E-state index >= 15 is 0 Å². The highest BCUT2D eigenvalue weighted by Crippen LogP contribution is 2.30. The standard InChI is InChI=1S/C10H15NO2/c1-2-13-10(12)9-6-4-3-5-8(9)7-11/h8-9H,2-6H2,1H3. The number of ether oxygens (including phenoxy) is 1. The first kappa shape index (κ1) is 10.0. The van der Waals surface area contributed by atoms with Gasteiger partial charge in [-0.25, -0.2) is 0 Å². The number of hydrogen-bond acceptors (Lipinski definition) is 3. The van der Waals surface area contributed by atoms with Crippen molar-refractivity contribution in [2.75, 3.05) is 6.61 Å². The van der Waals surface area contributed by atoms with Crippen LogP contribution in [0.2, 0.25) is 0 Å². The summed E-state index contributed by atoms with van der Waals surface area (Å²) < 4.78 is 4.92. The van der Waals surface area contributed by atoms with Crippen molar-refractivity contribution >= 4 is 5.97 Å². The molecule has 0 spiro atoms. The van der Waals surface area contributed by atoms with E-state index in [2.05, 4.69) is 6.07 Å². The first-order valence-corrected chi connectivity index (χ1v) is 4.85. The molecule has 0 heterocycles. The molecule has 0 aromatic heterocycles. The van der Waals surface area contributed by atoms with Gasteiger partial charge in [-0.15, -0.1) is 0 Å². The molecular formula is C10H15NO2. The molecule has 3 nitrogen and oxygen atoms in total. The molecule has 1 aliphatic carbocycles. The quantitative estimate of drug-likeness (QED) is 0.611. The zero-order chi connectivity index (χ0) is 9.68. The second-order valence-electron chi connectivity index (χ2n) is 3.38. The number of nitriles is 1. The van der Waals surface area contributed by atoms with Crippen molar-refractivity contribution in [1.29, 1.82) is 5.26 Å². The predicted molar refractivity (Wildman–Crippen MR) is 47.7 cm³/mol. The van der Waals surface area contributed by atoms with E-state index in [0.717, 1.165) is 25.7 Å². The van der Waals surface area contributed by atoms with Crippen molar-refractivity contribution in [3.8, 4) is 6.07 Å². The van der Waals surface area contributed by atoms with Gasteiger partial charge in [0.1, 0.15) is 0 Å². The fourth-order valence-corrected chi connectivity index (χ4v) is 1.82. The molecule has 0 aromatic rings. The zero-order valence-electron chi connectivity index (χ0n) is 7.95. The Morgan fingerprint density at radius 1 is 1.54 bits per heavy atom. The fourth-order valence-electron chi connectivity index (χ4n) is 1.82. The molecular weight excluding hydrogens is 166 g/mol. The molecule has 1 fully saturated rings. The second-order valence-corrected chi connectivity index (χ2v) is 3.38. The number of carbonyl (C=O) groups excluding carboxylic acids is 1. The summed E-state index contributed by atoms with van der Waals surface area (Å²) in [5.74, 6) is -0.472. The Kier molecular flexibility index (Phi) is 3.75. The van der Waals surface area contributed by atoms with Gasteiger partial charge in [-0.3, -0.25) is 4.79 Å². The Morgan fingerprint density at radius 3 is 2.85 bits per heavy atom. The topological polar surface area (TPSA) is 50.1 Å². The van der Waals surface area contributed by atoms with Gasteiger partial charge in [0.2, 0.25) is 0 Å². The van der Waals surface area contributed by atoms with Crippen molar-refractivity contribution < 1.29 is 9.53 Å². The van der Waals surface area contributed by atoms with Gasteiger partial charge in [0.05, 0.1) is 24.5 Å². The van der Waals surface area contributed by atoms with Crippen molar-refractivity contribution in [2.24, 2.45) is 11.8 Å². The van der Waals surface area contributed by atoms with E-state index in [0.29, 0.717) is 6.61 Å². The summed E-state index contributed by atoms with van der Waals surface area (Å²) in [6.45, 7) is 2.20. The molecule has 72 valence electrons. The van der Waals surface area contributed by atoms with Crippen LogP contribution < -0.4 is 0 Å². The maximum atomic E-state index is 11.4. The first-order valence-electron chi connectivity index (χ1n) is 4.85. The maximum Gasteiger partial charge on any atom is 0.310 e. The monoisotopic (exact) mass is 181 g/mol. The molecule has 0 radical (unpaired) electrons. The normalized spacial score (nSPS) is 27.7. The van der Waals surface area contributed by atoms with Crippen LogP contribution in [0.1, 0.15) is 32.6 Å². The minimum Gasteiger partial charge on any atom is -0.466 e. The highest BCUT2D eigenvalue weighted by molar-refractivity contribution is 5.73. The van der Waals surface area contributed by atoms with Crippen molar-refractivity contribution in [3.05, 3.63) is 0 Å². The van der Waals surface area contributed by atoms with Crippen LogP contribution in [0.25, 0.3) is 0 Å². The second kappa shape index (κ2) is 4.86. The Morgan fingerprint density at radius 2 is 2.23 bits per heavy atom. The van der Waals surface area contributed by atoms with Crippen LogP contribution in [0.4, 0.5) is 0 Å². The smallest absolute Gasteiger partial charge is 0.310 e. The number of hydrogen-bond donors (Lipinski definition) is 0. The fraction of sp³-hybridized carbons (Fsp3) is 0.800. The third kappa shape index (κ3) is 2.45. The van der Waals surface area contributed by atoms with Crippen LogP contribution in [0.5, 0.6) is 0 Å². The van der Waals surface area contributed by atoms with E-state index in [4.69, 9.17) is 10.00 Å². The molecule has 0 aromatic carbocycles. The van der Waals surface area contributed by atoms with Gasteiger partial charge >= 0.3 is 5.97 Å². The Labute approximate surface area is 78.7 Å². The summed E-state index contributed by atoms with van der Waals surface area (Å²) in [5, 5.41) is 8.82. The number of esters is 1. The average Bonchev–Trinajstić information content (AvgIpc) is 2.18. The van der Waals surface area contributed by atoms with Gasteiger partial charge < -0.3 is 4.74 Å². The summed E-state index contributed by atoms with van der Waals surface area (Å²) in [6.07, 6.45) is 3.77. The highest BCUT2D eigenvalue weighted by Gasteiger charge is 2.31. The summed E-state index contributed by atoms with van der Waals surface area (Å²) >= 11 is 0. The van der Waals surface area contributed by atoms with Crippen LogP contribution in [0.3, 0.4) is 0 Å². The minimum atomic E-state index is -0.186. The van der Waals surface area contributed by atoms with E-state index in [1.54, 1.807) is 6.92 Å². The molecule has 3 heteroatoms. The van der Waals surface area contributed by atoms with E-state index in [9.17, 15) is 4.79 Å². The summed E-state index contributed by atoms with van der Waals surface area (Å²) in [5.41, 5.74) is 0. The van der Waals surface area contributed by atoms with E-state index < -0.39 is 0 Å². The third-order valence-corrected chi connectivity index (χ3v) is 2.52. The van der Waals surface area contributed by atoms with Gasteiger partial charge in [-0.05, 0) is 19.8 Å². The van der Waals surface area contributed by atoms with Crippen LogP contribution in [0, 0.1) is 23.2 Å². The van der Waals surface area contributed by atoms with Crippen molar-refractivity contribution in [1.82, 2.24) is 0 Å². The molecule has 0 bridgehead atoms. The van der Waals surface area contributed by atoms with Crippen LogP contribution in [-0.4, -0.2) is 12.6 Å². The Balaban J connectivity index is 2.54. The predicted octanol–water partition coefficient (Wildman–Crippen LogP) is 1.88. The molecule has 0 N–H and O–H groups in total. The Hall–Kier alpha value is -1.04.